The minimum absolute atomic E-state index is 0.0214. The van der Waals surface area contributed by atoms with Gasteiger partial charge >= 0.3 is 0 Å². The summed E-state index contributed by atoms with van der Waals surface area (Å²) in [6, 6.07) is -0.277. The van der Waals surface area contributed by atoms with Crippen molar-refractivity contribution in [2.45, 2.75) is 25.8 Å². The zero-order chi connectivity index (χ0) is 16.1. The lowest BCUT2D eigenvalue weighted by molar-refractivity contribution is -0.124. The van der Waals surface area contributed by atoms with Crippen molar-refractivity contribution in [3.05, 3.63) is 24.8 Å². The zero-order valence-corrected chi connectivity index (χ0v) is 13.4. The van der Waals surface area contributed by atoms with Crippen molar-refractivity contribution in [2.75, 3.05) is 26.0 Å². The van der Waals surface area contributed by atoms with Gasteiger partial charge < -0.3 is 14.8 Å². The second-order valence-electron chi connectivity index (χ2n) is 5.24. The number of amides is 1. The third kappa shape index (κ3) is 3.24. The first-order valence-corrected chi connectivity index (χ1v) is 7.32. The van der Waals surface area contributed by atoms with Crippen LogP contribution in [-0.2, 0) is 4.79 Å². The summed E-state index contributed by atoms with van der Waals surface area (Å²) in [7, 11) is 5.42. The van der Waals surface area contributed by atoms with E-state index in [-0.39, 0.29) is 11.9 Å². The molecule has 2 aromatic rings. The quantitative estimate of drug-likeness (QED) is 0.875. The maximum Gasteiger partial charge on any atom is 0.242 e. The zero-order valence-electron chi connectivity index (χ0n) is 13.4. The molecule has 7 nitrogen and oxygen atoms in total. The van der Waals surface area contributed by atoms with E-state index in [1.165, 1.54) is 0 Å². The molecule has 0 bridgehead atoms. The Morgan fingerprint density at radius 1 is 1.32 bits per heavy atom. The third-order valence-electron chi connectivity index (χ3n) is 3.41. The van der Waals surface area contributed by atoms with Gasteiger partial charge in [-0.1, -0.05) is 13.3 Å². The average Bonchev–Trinajstić information content (AvgIpc) is 3.01. The summed E-state index contributed by atoms with van der Waals surface area (Å²) in [5, 5.41) is 2.72. The molecule has 22 heavy (non-hydrogen) atoms. The Morgan fingerprint density at radius 3 is 2.55 bits per heavy atom. The van der Waals surface area contributed by atoms with Gasteiger partial charge in [-0.3, -0.25) is 4.79 Å². The molecule has 1 unspecified atom stereocenters. The maximum absolute atomic E-state index is 12.1. The maximum atomic E-state index is 12.1. The van der Waals surface area contributed by atoms with Crippen LogP contribution < -0.4 is 10.2 Å². The van der Waals surface area contributed by atoms with Gasteiger partial charge in [0.15, 0.2) is 0 Å². The first-order valence-electron chi connectivity index (χ1n) is 7.32. The van der Waals surface area contributed by atoms with Crippen LogP contribution in [0.4, 0.5) is 5.95 Å². The molecule has 0 fully saturated rings. The minimum atomic E-state index is -0.277. The number of rotatable bonds is 6. The number of nitrogens with one attached hydrogen (secondary N) is 1. The summed E-state index contributed by atoms with van der Waals surface area (Å²) < 4.78 is 1.89. The van der Waals surface area contributed by atoms with E-state index >= 15 is 0 Å². The van der Waals surface area contributed by atoms with Gasteiger partial charge in [0, 0.05) is 45.9 Å². The summed E-state index contributed by atoms with van der Waals surface area (Å²) >= 11 is 0. The van der Waals surface area contributed by atoms with Crippen LogP contribution in [0.2, 0.25) is 0 Å². The number of hydrogen-bond donors (Lipinski definition) is 1. The molecule has 0 saturated heterocycles. The van der Waals surface area contributed by atoms with Crippen LogP contribution in [0, 0.1) is 0 Å². The van der Waals surface area contributed by atoms with Gasteiger partial charge in [-0.2, -0.15) is 0 Å². The molecule has 0 aliphatic carbocycles. The predicted molar refractivity (Wildman–Crippen MR) is 85.6 cm³/mol. The van der Waals surface area contributed by atoms with E-state index in [0.29, 0.717) is 11.8 Å². The van der Waals surface area contributed by atoms with E-state index in [0.717, 1.165) is 18.4 Å². The number of aromatic nitrogens is 4. The van der Waals surface area contributed by atoms with Crippen LogP contribution in [-0.4, -0.2) is 46.6 Å². The lowest BCUT2D eigenvalue weighted by Gasteiger charge is -2.19. The van der Waals surface area contributed by atoms with Gasteiger partial charge in [-0.05, 0) is 6.42 Å². The van der Waals surface area contributed by atoms with Gasteiger partial charge in [0.2, 0.25) is 11.9 Å². The Hall–Kier alpha value is -2.44. The summed E-state index contributed by atoms with van der Waals surface area (Å²) in [6.07, 6.45) is 8.64. The van der Waals surface area contributed by atoms with Crippen molar-refractivity contribution >= 4 is 11.9 Å². The molecule has 0 radical (unpaired) electrons. The van der Waals surface area contributed by atoms with E-state index in [9.17, 15) is 4.79 Å². The molecule has 0 aliphatic rings. The summed E-state index contributed by atoms with van der Waals surface area (Å²) in [6.45, 7) is 2.06. The molecule has 118 valence electrons. The predicted octanol–water partition coefficient (Wildman–Crippen LogP) is 1.49. The molecule has 2 aromatic heterocycles. The molecular weight excluding hydrogens is 280 g/mol. The van der Waals surface area contributed by atoms with E-state index in [1.54, 1.807) is 25.6 Å². The van der Waals surface area contributed by atoms with E-state index < -0.39 is 0 Å². The SMILES string of the molecule is CCCC(C(=O)NC)n1ccnc1-c1cnc(N(C)C)nc1. The van der Waals surface area contributed by atoms with Crippen LogP contribution in [0.3, 0.4) is 0 Å². The molecule has 0 aromatic carbocycles. The highest BCUT2D eigenvalue weighted by Gasteiger charge is 2.21. The van der Waals surface area contributed by atoms with E-state index in [4.69, 9.17) is 0 Å². The molecule has 1 N–H and O–H groups in total. The Balaban J connectivity index is 2.37. The van der Waals surface area contributed by atoms with Gasteiger partial charge in [-0.15, -0.1) is 0 Å². The number of likely N-dealkylation sites (N-methyl/N-ethyl adjacent to an activating group) is 1. The van der Waals surface area contributed by atoms with Gasteiger partial charge in [0.05, 0.1) is 5.56 Å². The lowest BCUT2D eigenvalue weighted by Crippen LogP contribution is -2.30. The number of imidazole rings is 1. The number of hydrogen-bond acceptors (Lipinski definition) is 5. The molecule has 2 heterocycles. The van der Waals surface area contributed by atoms with E-state index in [2.05, 4.69) is 27.2 Å². The molecule has 7 heteroatoms. The highest BCUT2D eigenvalue weighted by atomic mass is 16.2. The fourth-order valence-electron chi connectivity index (χ4n) is 2.29. The molecule has 0 saturated carbocycles. The molecule has 0 aliphatic heterocycles. The topological polar surface area (TPSA) is 75.9 Å². The second kappa shape index (κ2) is 7.02. The molecule has 2 rings (SSSR count). The highest BCUT2D eigenvalue weighted by molar-refractivity contribution is 5.80. The van der Waals surface area contributed by atoms with Crippen LogP contribution in [0.15, 0.2) is 24.8 Å². The van der Waals surface area contributed by atoms with Crippen LogP contribution in [0.5, 0.6) is 0 Å². The fraction of sp³-hybridized carbons (Fsp3) is 0.467. The van der Waals surface area contributed by atoms with Crippen molar-refractivity contribution in [1.82, 2.24) is 24.8 Å². The minimum Gasteiger partial charge on any atom is -0.357 e. The smallest absolute Gasteiger partial charge is 0.242 e. The standard InChI is InChI=1S/C15H22N6O/c1-5-6-12(14(22)16-2)21-8-7-17-13(21)11-9-18-15(19-10-11)20(3)4/h7-10,12H,5-6H2,1-4H3,(H,16,22). The van der Waals surface area contributed by atoms with Crippen molar-refractivity contribution in [1.29, 1.82) is 0 Å². The summed E-state index contributed by atoms with van der Waals surface area (Å²) in [4.78, 5) is 26.9. The largest absolute Gasteiger partial charge is 0.357 e. The second-order valence-corrected chi connectivity index (χ2v) is 5.24. The lowest BCUT2D eigenvalue weighted by atomic mass is 10.1. The van der Waals surface area contributed by atoms with Crippen LogP contribution >= 0.6 is 0 Å². The van der Waals surface area contributed by atoms with Gasteiger partial charge in [0.25, 0.3) is 0 Å². The molecule has 1 atom stereocenters. The number of carbonyl (C=O) groups excluding carboxylic acids is 1. The highest BCUT2D eigenvalue weighted by Crippen LogP contribution is 2.23. The Morgan fingerprint density at radius 2 is 2.00 bits per heavy atom. The number of carbonyl (C=O) groups is 1. The summed E-state index contributed by atoms with van der Waals surface area (Å²) in [5.41, 5.74) is 0.792. The monoisotopic (exact) mass is 302 g/mol. The average molecular weight is 302 g/mol. The van der Waals surface area contributed by atoms with E-state index in [1.807, 2.05) is 29.8 Å². The van der Waals surface area contributed by atoms with Gasteiger partial charge in [-0.25, -0.2) is 15.0 Å². The summed E-state index contributed by atoms with van der Waals surface area (Å²) in [5.74, 6) is 1.32. The van der Waals surface area contributed by atoms with Crippen LogP contribution in [0.1, 0.15) is 25.8 Å². The first-order chi connectivity index (χ1) is 10.6. The fourth-order valence-corrected chi connectivity index (χ4v) is 2.29. The third-order valence-corrected chi connectivity index (χ3v) is 3.41. The van der Waals surface area contributed by atoms with Crippen molar-refractivity contribution in [3.63, 3.8) is 0 Å². The Labute approximate surface area is 130 Å². The number of nitrogens with zero attached hydrogens (tertiary/aromatic N) is 5. The molecular formula is C15H22N6O. The molecule has 0 spiro atoms. The van der Waals surface area contributed by atoms with Crippen molar-refractivity contribution < 1.29 is 4.79 Å². The van der Waals surface area contributed by atoms with Crippen molar-refractivity contribution in [2.24, 2.45) is 0 Å². The van der Waals surface area contributed by atoms with Crippen LogP contribution in [0.25, 0.3) is 11.4 Å². The first kappa shape index (κ1) is 15.9. The Bertz CT molecular complexity index is 619. The normalized spacial score (nSPS) is 12.0. The Kier molecular flexibility index (Phi) is 5.08. The molecule has 1 amide bonds. The van der Waals surface area contributed by atoms with Crippen molar-refractivity contribution in [3.8, 4) is 11.4 Å². The number of anilines is 1. The van der Waals surface area contributed by atoms with Gasteiger partial charge in [0.1, 0.15) is 11.9 Å².